The number of ether oxygens (including phenoxy) is 2. The summed E-state index contributed by atoms with van der Waals surface area (Å²) in [6.07, 6.45) is 3.65. The standard InChI is InChI=1S/C13H15NO4/c1-17-12(16)10-3-2-4-14(11(10)15)9-5-13(6-9)7-18-8-13/h2-4,9H,5-8H2,1H3. The van der Waals surface area contributed by atoms with Crippen LogP contribution in [-0.4, -0.2) is 30.9 Å². The minimum absolute atomic E-state index is 0.103. The van der Waals surface area contributed by atoms with Gasteiger partial charge in [-0.25, -0.2) is 4.79 Å². The second-order valence-corrected chi connectivity index (χ2v) is 5.18. The third kappa shape index (κ3) is 1.58. The molecule has 0 atom stereocenters. The Labute approximate surface area is 104 Å². The van der Waals surface area contributed by atoms with Crippen LogP contribution in [0.15, 0.2) is 23.1 Å². The van der Waals surface area contributed by atoms with Crippen LogP contribution >= 0.6 is 0 Å². The van der Waals surface area contributed by atoms with E-state index in [0.717, 1.165) is 26.1 Å². The van der Waals surface area contributed by atoms with Gasteiger partial charge in [0.15, 0.2) is 0 Å². The maximum absolute atomic E-state index is 12.2. The molecule has 96 valence electrons. The fourth-order valence-electron chi connectivity index (χ4n) is 2.83. The van der Waals surface area contributed by atoms with Crippen molar-refractivity contribution in [3.05, 3.63) is 34.2 Å². The molecular formula is C13H15NO4. The van der Waals surface area contributed by atoms with Crippen LogP contribution in [0, 0.1) is 5.41 Å². The summed E-state index contributed by atoms with van der Waals surface area (Å²) in [5.74, 6) is -0.574. The van der Waals surface area contributed by atoms with E-state index in [1.165, 1.54) is 13.2 Å². The Hall–Kier alpha value is -1.62. The van der Waals surface area contributed by atoms with E-state index in [9.17, 15) is 9.59 Å². The highest BCUT2D eigenvalue weighted by atomic mass is 16.5. The Morgan fingerprint density at radius 2 is 2.22 bits per heavy atom. The fourth-order valence-corrected chi connectivity index (χ4v) is 2.83. The number of aromatic nitrogens is 1. The first-order valence-electron chi connectivity index (χ1n) is 6.02. The first-order chi connectivity index (χ1) is 8.65. The summed E-state index contributed by atoms with van der Waals surface area (Å²) in [4.78, 5) is 23.6. The zero-order chi connectivity index (χ0) is 12.8. The van der Waals surface area contributed by atoms with E-state index in [-0.39, 0.29) is 17.2 Å². The van der Waals surface area contributed by atoms with Crippen LogP contribution in [0.3, 0.4) is 0 Å². The molecule has 3 rings (SSSR count). The number of methoxy groups -OCH3 is 1. The lowest BCUT2D eigenvalue weighted by Crippen LogP contribution is -2.54. The fraction of sp³-hybridized carbons (Fsp3) is 0.538. The van der Waals surface area contributed by atoms with Crippen molar-refractivity contribution in [1.29, 1.82) is 0 Å². The van der Waals surface area contributed by atoms with Gasteiger partial charge in [-0.3, -0.25) is 4.79 Å². The van der Waals surface area contributed by atoms with Crippen molar-refractivity contribution in [2.45, 2.75) is 18.9 Å². The summed E-state index contributed by atoms with van der Waals surface area (Å²) in [7, 11) is 1.28. The molecule has 2 heterocycles. The van der Waals surface area contributed by atoms with Gasteiger partial charge >= 0.3 is 5.97 Å². The average molecular weight is 249 g/mol. The van der Waals surface area contributed by atoms with Gasteiger partial charge in [-0.15, -0.1) is 0 Å². The van der Waals surface area contributed by atoms with E-state index >= 15 is 0 Å². The number of esters is 1. The normalized spacial score (nSPS) is 21.2. The molecule has 1 aromatic heterocycles. The predicted octanol–water partition coefficient (Wildman–Crippen LogP) is 0.986. The molecule has 0 radical (unpaired) electrons. The van der Waals surface area contributed by atoms with E-state index in [1.54, 1.807) is 16.8 Å². The van der Waals surface area contributed by atoms with Crippen molar-refractivity contribution < 1.29 is 14.3 Å². The molecule has 0 amide bonds. The molecule has 1 saturated heterocycles. The van der Waals surface area contributed by atoms with Crippen LogP contribution < -0.4 is 5.56 Å². The Morgan fingerprint density at radius 3 is 2.78 bits per heavy atom. The van der Waals surface area contributed by atoms with Crippen LogP contribution in [0.5, 0.6) is 0 Å². The molecule has 5 nitrogen and oxygen atoms in total. The Bertz CT molecular complexity index is 536. The molecule has 0 aromatic carbocycles. The molecule has 0 bridgehead atoms. The lowest BCUT2D eigenvalue weighted by Gasteiger charge is -2.53. The van der Waals surface area contributed by atoms with E-state index < -0.39 is 5.97 Å². The number of hydrogen-bond acceptors (Lipinski definition) is 4. The number of pyridine rings is 1. The lowest BCUT2D eigenvalue weighted by molar-refractivity contribution is -0.174. The molecular weight excluding hydrogens is 234 g/mol. The highest BCUT2D eigenvalue weighted by Crippen LogP contribution is 2.52. The highest BCUT2D eigenvalue weighted by molar-refractivity contribution is 5.88. The minimum atomic E-state index is -0.574. The average Bonchev–Trinajstić information content (AvgIpc) is 2.26. The topological polar surface area (TPSA) is 57.5 Å². The van der Waals surface area contributed by atoms with Gasteiger partial charge in [0.1, 0.15) is 5.56 Å². The second-order valence-electron chi connectivity index (χ2n) is 5.18. The van der Waals surface area contributed by atoms with Gasteiger partial charge in [0, 0.05) is 17.7 Å². The summed E-state index contributed by atoms with van der Waals surface area (Å²) in [6.45, 7) is 1.60. The summed E-state index contributed by atoms with van der Waals surface area (Å²) in [5, 5.41) is 0. The van der Waals surface area contributed by atoms with Crippen LogP contribution in [0.25, 0.3) is 0 Å². The van der Waals surface area contributed by atoms with Gasteiger partial charge in [-0.1, -0.05) is 0 Å². The van der Waals surface area contributed by atoms with Gasteiger partial charge in [0.2, 0.25) is 0 Å². The molecule has 1 spiro atoms. The molecule has 2 fully saturated rings. The molecule has 0 N–H and O–H groups in total. The number of carbonyl (C=O) groups excluding carboxylic acids is 1. The third-order valence-corrected chi connectivity index (χ3v) is 3.93. The first-order valence-corrected chi connectivity index (χ1v) is 6.02. The summed E-state index contributed by atoms with van der Waals surface area (Å²) in [5.41, 5.74) is 0.140. The molecule has 5 heteroatoms. The van der Waals surface area contributed by atoms with Gasteiger partial charge in [0.05, 0.1) is 20.3 Å². The third-order valence-electron chi connectivity index (χ3n) is 3.93. The molecule has 1 aliphatic carbocycles. The molecule has 0 unspecified atom stereocenters. The van der Waals surface area contributed by atoms with E-state index in [0.29, 0.717) is 5.41 Å². The van der Waals surface area contributed by atoms with Crippen molar-refractivity contribution in [1.82, 2.24) is 4.57 Å². The monoisotopic (exact) mass is 249 g/mol. The lowest BCUT2D eigenvalue weighted by atomic mass is 9.64. The number of carbonyl (C=O) groups is 1. The van der Waals surface area contributed by atoms with E-state index in [1.807, 2.05) is 0 Å². The van der Waals surface area contributed by atoms with Crippen LogP contribution in [0.4, 0.5) is 0 Å². The zero-order valence-electron chi connectivity index (χ0n) is 10.2. The summed E-state index contributed by atoms with van der Waals surface area (Å²) < 4.78 is 11.5. The largest absolute Gasteiger partial charge is 0.465 e. The molecule has 1 aromatic rings. The van der Waals surface area contributed by atoms with Crippen molar-refractivity contribution >= 4 is 5.97 Å². The smallest absolute Gasteiger partial charge is 0.343 e. The van der Waals surface area contributed by atoms with Crippen molar-refractivity contribution in [2.24, 2.45) is 5.41 Å². The van der Waals surface area contributed by atoms with Gasteiger partial charge in [-0.05, 0) is 25.0 Å². The number of rotatable bonds is 2. The second kappa shape index (κ2) is 3.95. The Morgan fingerprint density at radius 1 is 1.50 bits per heavy atom. The Kier molecular flexibility index (Phi) is 2.52. The summed E-state index contributed by atoms with van der Waals surface area (Å²) >= 11 is 0. The summed E-state index contributed by atoms with van der Waals surface area (Å²) in [6, 6.07) is 3.41. The van der Waals surface area contributed by atoms with E-state index in [4.69, 9.17) is 4.74 Å². The highest BCUT2D eigenvalue weighted by Gasteiger charge is 2.50. The van der Waals surface area contributed by atoms with Crippen molar-refractivity contribution in [3.8, 4) is 0 Å². The van der Waals surface area contributed by atoms with Crippen LogP contribution in [0.1, 0.15) is 29.2 Å². The maximum atomic E-state index is 12.2. The SMILES string of the molecule is COC(=O)c1cccn(C2CC3(COC3)C2)c1=O. The molecule has 2 aliphatic rings. The molecule has 18 heavy (non-hydrogen) atoms. The van der Waals surface area contributed by atoms with E-state index in [2.05, 4.69) is 4.74 Å². The Balaban J connectivity index is 1.85. The molecule has 1 aliphatic heterocycles. The van der Waals surface area contributed by atoms with Crippen LogP contribution in [-0.2, 0) is 9.47 Å². The number of hydrogen-bond donors (Lipinski definition) is 0. The van der Waals surface area contributed by atoms with Crippen molar-refractivity contribution in [2.75, 3.05) is 20.3 Å². The zero-order valence-corrected chi connectivity index (χ0v) is 10.2. The predicted molar refractivity (Wildman–Crippen MR) is 63.6 cm³/mol. The van der Waals surface area contributed by atoms with Crippen LogP contribution in [0.2, 0.25) is 0 Å². The van der Waals surface area contributed by atoms with Gasteiger partial charge in [0.25, 0.3) is 5.56 Å². The maximum Gasteiger partial charge on any atom is 0.343 e. The number of nitrogens with zero attached hydrogens (tertiary/aromatic N) is 1. The quantitative estimate of drug-likeness (QED) is 0.733. The first kappa shape index (κ1) is 11.5. The van der Waals surface area contributed by atoms with Crippen molar-refractivity contribution in [3.63, 3.8) is 0 Å². The van der Waals surface area contributed by atoms with Gasteiger partial charge < -0.3 is 14.0 Å². The minimum Gasteiger partial charge on any atom is -0.465 e. The molecule has 1 saturated carbocycles. The van der Waals surface area contributed by atoms with Gasteiger partial charge in [-0.2, -0.15) is 0 Å².